The Morgan fingerprint density at radius 1 is 1.24 bits per heavy atom. The average molecular weight is 231 g/mol. The number of rotatable bonds is 6. The minimum Gasteiger partial charge on any atom is -0.313 e. The maximum absolute atomic E-state index is 3.73. The second kappa shape index (κ2) is 5.22. The third-order valence-electron chi connectivity index (χ3n) is 4.37. The van der Waals surface area contributed by atoms with Crippen LogP contribution in [0.4, 0.5) is 0 Å². The minimum absolute atomic E-state index is 0.295. The summed E-state index contributed by atoms with van der Waals surface area (Å²) in [6, 6.07) is 11.8. The van der Waals surface area contributed by atoms with Crippen LogP contribution in [0.25, 0.3) is 0 Å². The van der Waals surface area contributed by atoms with Crippen molar-refractivity contribution in [1.82, 2.24) is 5.32 Å². The van der Waals surface area contributed by atoms with E-state index in [2.05, 4.69) is 56.4 Å². The number of nitrogens with one attached hydrogen (secondary N) is 1. The molecule has 1 aliphatic carbocycles. The molecule has 0 amide bonds. The molecule has 0 aromatic heterocycles. The van der Waals surface area contributed by atoms with Crippen molar-refractivity contribution in [2.75, 3.05) is 6.54 Å². The number of hydrogen-bond acceptors (Lipinski definition) is 1. The molecule has 1 aromatic carbocycles. The molecule has 1 saturated carbocycles. The van der Waals surface area contributed by atoms with E-state index in [0.29, 0.717) is 11.3 Å². The van der Waals surface area contributed by atoms with E-state index in [1.807, 2.05) is 0 Å². The summed E-state index contributed by atoms with van der Waals surface area (Å²) in [7, 11) is 0. The lowest BCUT2D eigenvalue weighted by Gasteiger charge is -2.38. The zero-order valence-electron chi connectivity index (χ0n) is 11.4. The minimum atomic E-state index is 0.295. The van der Waals surface area contributed by atoms with E-state index in [0.717, 1.165) is 12.6 Å². The van der Waals surface area contributed by atoms with Crippen molar-refractivity contribution >= 4 is 0 Å². The lowest BCUT2D eigenvalue weighted by molar-refractivity contribution is 0.279. The van der Waals surface area contributed by atoms with Gasteiger partial charge in [-0.1, -0.05) is 51.1 Å². The monoisotopic (exact) mass is 231 g/mol. The highest BCUT2D eigenvalue weighted by molar-refractivity contribution is 5.27. The van der Waals surface area contributed by atoms with Crippen LogP contribution in [0.1, 0.15) is 45.6 Å². The first-order valence-corrected chi connectivity index (χ1v) is 6.98. The Morgan fingerprint density at radius 2 is 1.88 bits per heavy atom. The van der Waals surface area contributed by atoms with Gasteiger partial charge in [-0.05, 0) is 30.7 Å². The van der Waals surface area contributed by atoms with E-state index in [1.165, 1.54) is 24.8 Å². The van der Waals surface area contributed by atoms with Gasteiger partial charge in [0.05, 0.1) is 0 Å². The standard InChI is InChI=1S/C16H25N/c1-4-16(13(2)3,12-17-15-10-11-15)14-8-6-5-7-9-14/h5-9,13,15,17H,4,10-12H2,1-3H3. The van der Waals surface area contributed by atoms with Crippen LogP contribution in [0, 0.1) is 5.92 Å². The van der Waals surface area contributed by atoms with Gasteiger partial charge >= 0.3 is 0 Å². The SMILES string of the molecule is CCC(CNC1CC1)(c1ccccc1)C(C)C. The molecule has 0 radical (unpaired) electrons. The molecule has 0 saturated heterocycles. The normalized spacial score (nSPS) is 19.3. The first-order valence-electron chi connectivity index (χ1n) is 6.98. The molecule has 0 aliphatic heterocycles. The van der Waals surface area contributed by atoms with Crippen LogP contribution in [0.3, 0.4) is 0 Å². The highest BCUT2D eigenvalue weighted by atomic mass is 15.0. The Morgan fingerprint density at radius 3 is 2.35 bits per heavy atom. The lowest BCUT2D eigenvalue weighted by atomic mass is 9.69. The predicted molar refractivity (Wildman–Crippen MR) is 74.3 cm³/mol. The van der Waals surface area contributed by atoms with Crippen LogP contribution < -0.4 is 5.32 Å². The summed E-state index contributed by atoms with van der Waals surface area (Å²) in [4.78, 5) is 0. The Kier molecular flexibility index (Phi) is 3.88. The van der Waals surface area contributed by atoms with E-state index in [4.69, 9.17) is 0 Å². The summed E-state index contributed by atoms with van der Waals surface area (Å²) < 4.78 is 0. The molecule has 1 aliphatic rings. The van der Waals surface area contributed by atoms with Gasteiger partial charge in [0.2, 0.25) is 0 Å². The van der Waals surface area contributed by atoms with E-state index >= 15 is 0 Å². The number of hydrogen-bond donors (Lipinski definition) is 1. The van der Waals surface area contributed by atoms with Gasteiger partial charge < -0.3 is 5.32 Å². The summed E-state index contributed by atoms with van der Waals surface area (Å²) >= 11 is 0. The maximum atomic E-state index is 3.73. The van der Waals surface area contributed by atoms with Gasteiger partial charge in [-0.3, -0.25) is 0 Å². The van der Waals surface area contributed by atoms with Crippen molar-refractivity contribution in [3.8, 4) is 0 Å². The van der Waals surface area contributed by atoms with Crippen LogP contribution in [-0.4, -0.2) is 12.6 Å². The van der Waals surface area contributed by atoms with Crippen LogP contribution in [-0.2, 0) is 5.41 Å². The molecule has 1 atom stereocenters. The quantitative estimate of drug-likeness (QED) is 0.786. The summed E-state index contributed by atoms with van der Waals surface area (Å²) in [5, 5.41) is 3.73. The number of benzene rings is 1. The van der Waals surface area contributed by atoms with Gasteiger partial charge in [-0.15, -0.1) is 0 Å². The lowest BCUT2D eigenvalue weighted by Crippen LogP contribution is -2.42. The second-order valence-corrected chi connectivity index (χ2v) is 5.69. The largest absolute Gasteiger partial charge is 0.313 e. The van der Waals surface area contributed by atoms with Crippen molar-refractivity contribution < 1.29 is 0 Å². The fourth-order valence-corrected chi connectivity index (χ4v) is 2.76. The van der Waals surface area contributed by atoms with Gasteiger partial charge in [0.15, 0.2) is 0 Å². The molecular weight excluding hydrogens is 206 g/mol. The first-order chi connectivity index (χ1) is 8.19. The van der Waals surface area contributed by atoms with Crippen molar-refractivity contribution in [2.24, 2.45) is 5.92 Å². The Labute approximate surface area is 106 Å². The molecule has 0 spiro atoms. The van der Waals surface area contributed by atoms with Crippen molar-refractivity contribution in [1.29, 1.82) is 0 Å². The molecule has 1 N–H and O–H groups in total. The van der Waals surface area contributed by atoms with E-state index in [9.17, 15) is 0 Å². The van der Waals surface area contributed by atoms with Crippen LogP contribution in [0.5, 0.6) is 0 Å². The molecule has 1 aromatic rings. The molecule has 0 bridgehead atoms. The van der Waals surface area contributed by atoms with Gasteiger partial charge in [0, 0.05) is 18.0 Å². The predicted octanol–water partition coefficient (Wildman–Crippen LogP) is 3.74. The fourth-order valence-electron chi connectivity index (χ4n) is 2.76. The molecule has 94 valence electrons. The molecular formula is C16H25N. The third-order valence-corrected chi connectivity index (χ3v) is 4.37. The van der Waals surface area contributed by atoms with Crippen molar-refractivity contribution in [3.05, 3.63) is 35.9 Å². The zero-order chi connectivity index (χ0) is 12.3. The average Bonchev–Trinajstić information content (AvgIpc) is 3.15. The molecule has 1 nitrogen and oxygen atoms in total. The summed E-state index contributed by atoms with van der Waals surface area (Å²) in [5.74, 6) is 0.668. The summed E-state index contributed by atoms with van der Waals surface area (Å²) in [6.07, 6.45) is 3.94. The first kappa shape index (κ1) is 12.6. The van der Waals surface area contributed by atoms with Crippen LogP contribution in [0.2, 0.25) is 0 Å². The molecule has 17 heavy (non-hydrogen) atoms. The van der Waals surface area contributed by atoms with Crippen LogP contribution in [0.15, 0.2) is 30.3 Å². The van der Waals surface area contributed by atoms with Crippen molar-refractivity contribution in [2.45, 2.75) is 51.5 Å². The smallest absolute Gasteiger partial charge is 0.00981 e. The maximum Gasteiger partial charge on any atom is 0.00981 e. The third kappa shape index (κ3) is 2.71. The Bertz CT molecular complexity index is 340. The van der Waals surface area contributed by atoms with E-state index in [1.54, 1.807) is 0 Å². The zero-order valence-corrected chi connectivity index (χ0v) is 11.4. The van der Waals surface area contributed by atoms with Gasteiger partial charge in [-0.25, -0.2) is 0 Å². The molecule has 1 unspecified atom stereocenters. The fraction of sp³-hybridized carbons (Fsp3) is 0.625. The van der Waals surface area contributed by atoms with E-state index in [-0.39, 0.29) is 0 Å². The molecule has 1 heteroatoms. The molecule has 2 rings (SSSR count). The highest BCUT2D eigenvalue weighted by Crippen LogP contribution is 2.36. The van der Waals surface area contributed by atoms with E-state index < -0.39 is 0 Å². The highest BCUT2D eigenvalue weighted by Gasteiger charge is 2.35. The van der Waals surface area contributed by atoms with Gasteiger partial charge in [0.25, 0.3) is 0 Å². The van der Waals surface area contributed by atoms with Gasteiger partial charge in [-0.2, -0.15) is 0 Å². The van der Waals surface area contributed by atoms with Crippen molar-refractivity contribution in [3.63, 3.8) is 0 Å². The van der Waals surface area contributed by atoms with Crippen LogP contribution >= 0.6 is 0 Å². The molecule has 0 heterocycles. The topological polar surface area (TPSA) is 12.0 Å². The second-order valence-electron chi connectivity index (χ2n) is 5.69. The Hall–Kier alpha value is -0.820. The Balaban J connectivity index is 2.20. The molecule has 1 fully saturated rings. The summed E-state index contributed by atoms with van der Waals surface area (Å²) in [5.41, 5.74) is 1.79. The summed E-state index contributed by atoms with van der Waals surface area (Å²) in [6.45, 7) is 8.15. The van der Waals surface area contributed by atoms with Gasteiger partial charge in [0.1, 0.15) is 0 Å².